The summed E-state index contributed by atoms with van der Waals surface area (Å²) >= 11 is 3.83. The van der Waals surface area contributed by atoms with Crippen molar-refractivity contribution in [2.45, 2.75) is 108 Å². The van der Waals surface area contributed by atoms with Gasteiger partial charge in [0, 0.05) is 11.2 Å². The van der Waals surface area contributed by atoms with Crippen molar-refractivity contribution in [2.24, 2.45) is 0 Å². The molecule has 0 aliphatic rings. The van der Waals surface area contributed by atoms with Crippen LogP contribution in [0.25, 0.3) is 0 Å². The average molecular weight is 377 g/mol. The molecule has 0 N–H and O–H groups in total. The zero-order chi connectivity index (χ0) is 16.5. The molecule has 132 valence electrons. The second kappa shape index (κ2) is 17.3. The molecular weight excluding hydrogens is 340 g/mol. The minimum Gasteiger partial charge on any atom is -0.469 e. The third-order valence-electron chi connectivity index (χ3n) is 4.25. The Kier molecular flexibility index (Phi) is 17.3. The lowest BCUT2D eigenvalue weighted by molar-refractivity contribution is -0.140. The highest BCUT2D eigenvalue weighted by Gasteiger charge is 2.04. The Bertz CT molecular complexity index is 244. The van der Waals surface area contributed by atoms with Crippen LogP contribution in [0.2, 0.25) is 0 Å². The van der Waals surface area contributed by atoms with E-state index >= 15 is 0 Å². The molecule has 3 heteroatoms. The lowest BCUT2D eigenvalue weighted by atomic mass is 10.0. The number of alkyl halides is 1. The van der Waals surface area contributed by atoms with Crippen LogP contribution in [0, 0.1) is 0 Å². The summed E-state index contributed by atoms with van der Waals surface area (Å²) in [5.41, 5.74) is 0. The Morgan fingerprint density at radius 1 is 0.818 bits per heavy atom. The summed E-state index contributed by atoms with van der Waals surface area (Å²) < 4.78 is 4.64. The van der Waals surface area contributed by atoms with Crippen LogP contribution in [0.5, 0.6) is 0 Å². The maximum Gasteiger partial charge on any atom is 0.305 e. The van der Waals surface area contributed by atoms with Crippen molar-refractivity contribution in [1.29, 1.82) is 0 Å². The Morgan fingerprint density at radius 2 is 1.27 bits per heavy atom. The molecule has 0 radical (unpaired) electrons. The van der Waals surface area contributed by atoms with Crippen LogP contribution < -0.4 is 0 Å². The van der Waals surface area contributed by atoms with Gasteiger partial charge in [0.05, 0.1) is 7.11 Å². The van der Waals surface area contributed by atoms with E-state index in [1.54, 1.807) is 0 Å². The highest BCUT2D eigenvalue weighted by Crippen LogP contribution is 2.19. The summed E-state index contributed by atoms with van der Waals surface area (Å²) in [6, 6.07) is 0. The number of esters is 1. The molecule has 0 saturated heterocycles. The first-order valence-corrected chi connectivity index (χ1v) is 10.3. The van der Waals surface area contributed by atoms with Crippen molar-refractivity contribution < 1.29 is 9.53 Å². The van der Waals surface area contributed by atoms with Gasteiger partial charge >= 0.3 is 5.97 Å². The van der Waals surface area contributed by atoms with Crippen LogP contribution in [-0.2, 0) is 9.53 Å². The summed E-state index contributed by atoms with van der Waals surface area (Å²) in [5, 5.41) is 0. The van der Waals surface area contributed by atoms with Crippen molar-refractivity contribution in [3.05, 3.63) is 0 Å². The van der Waals surface area contributed by atoms with Gasteiger partial charge in [0.15, 0.2) is 0 Å². The van der Waals surface area contributed by atoms with E-state index in [0.29, 0.717) is 6.42 Å². The van der Waals surface area contributed by atoms with Gasteiger partial charge < -0.3 is 4.74 Å². The highest BCUT2D eigenvalue weighted by atomic mass is 79.9. The Hall–Kier alpha value is -0.0500. The smallest absolute Gasteiger partial charge is 0.305 e. The van der Waals surface area contributed by atoms with Crippen molar-refractivity contribution in [3.8, 4) is 0 Å². The average Bonchev–Trinajstić information content (AvgIpc) is 2.52. The van der Waals surface area contributed by atoms with Gasteiger partial charge in [-0.05, 0) is 19.3 Å². The quantitative estimate of drug-likeness (QED) is 0.168. The molecule has 0 amide bonds. The molecule has 0 aliphatic heterocycles. The summed E-state index contributed by atoms with van der Waals surface area (Å²) in [7, 11) is 1.46. The summed E-state index contributed by atoms with van der Waals surface area (Å²) in [5.74, 6) is -0.0724. The number of carbonyl (C=O) groups is 1. The SMILES string of the molecule is CCCCCCCCC(Br)CCCCCCCCC(=O)OC. The van der Waals surface area contributed by atoms with E-state index in [1.165, 1.54) is 84.2 Å². The van der Waals surface area contributed by atoms with Crippen LogP contribution in [0.3, 0.4) is 0 Å². The molecule has 0 spiro atoms. The van der Waals surface area contributed by atoms with Gasteiger partial charge in [0.1, 0.15) is 0 Å². The van der Waals surface area contributed by atoms with Gasteiger partial charge in [0.2, 0.25) is 0 Å². The maximum absolute atomic E-state index is 11.0. The Balaban J connectivity index is 3.18. The monoisotopic (exact) mass is 376 g/mol. The second-order valence-corrected chi connectivity index (χ2v) is 7.68. The van der Waals surface area contributed by atoms with E-state index in [2.05, 4.69) is 27.6 Å². The third kappa shape index (κ3) is 16.3. The third-order valence-corrected chi connectivity index (χ3v) is 5.16. The molecule has 0 heterocycles. The molecule has 0 saturated carbocycles. The maximum atomic E-state index is 11.0. The van der Waals surface area contributed by atoms with Crippen LogP contribution >= 0.6 is 15.9 Å². The number of halogens is 1. The molecule has 1 atom stereocenters. The highest BCUT2D eigenvalue weighted by molar-refractivity contribution is 9.09. The zero-order valence-electron chi connectivity index (χ0n) is 14.9. The van der Waals surface area contributed by atoms with Crippen LogP contribution in [-0.4, -0.2) is 17.9 Å². The molecule has 0 fully saturated rings. The Morgan fingerprint density at radius 3 is 1.77 bits per heavy atom. The van der Waals surface area contributed by atoms with Crippen molar-refractivity contribution in [2.75, 3.05) is 7.11 Å². The van der Waals surface area contributed by atoms with E-state index in [4.69, 9.17) is 0 Å². The summed E-state index contributed by atoms with van der Waals surface area (Å²) in [6.07, 6.45) is 18.9. The van der Waals surface area contributed by atoms with E-state index in [-0.39, 0.29) is 5.97 Å². The lowest BCUT2D eigenvalue weighted by Gasteiger charge is -2.09. The first-order valence-electron chi connectivity index (χ1n) is 9.41. The normalized spacial score (nSPS) is 12.3. The van der Waals surface area contributed by atoms with Gasteiger partial charge in [-0.1, -0.05) is 93.5 Å². The van der Waals surface area contributed by atoms with E-state index in [0.717, 1.165) is 17.7 Å². The largest absolute Gasteiger partial charge is 0.469 e. The zero-order valence-corrected chi connectivity index (χ0v) is 16.5. The molecular formula is C19H37BrO2. The predicted octanol–water partition coefficient (Wildman–Crippen LogP) is 6.79. The lowest BCUT2D eigenvalue weighted by Crippen LogP contribution is -1.99. The molecule has 0 bridgehead atoms. The number of ether oxygens (including phenoxy) is 1. The van der Waals surface area contributed by atoms with Crippen molar-refractivity contribution in [1.82, 2.24) is 0 Å². The first-order chi connectivity index (χ1) is 10.7. The Labute approximate surface area is 146 Å². The van der Waals surface area contributed by atoms with E-state index in [9.17, 15) is 4.79 Å². The molecule has 0 aromatic rings. The van der Waals surface area contributed by atoms with Crippen LogP contribution in [0.4, 0.5) is 0 Å². The fourth-order valence-electron chi connectivity index (χ4n) is 2.73. The van der Waals surface area contributed by atoms with Crippen molar-refractivity contribution >= 4 is 21.9 Å². The molecule has 0 aromatic carbocycles. The van der Waals surface area contributed by atoms with Gasteiger partial charge in [-0.2, -0.15) is 0 Å². The number of hydrogen-bond acceptors (Lipinski definition) is 2. The molecule has 1 unspecified atom stereocenters. The number of rotatable bonds is 16. The minimum absolute atomic E-state index is 0.0724. The van der Waals surface area contributed by atoms with Gasteiger partial charge in [0.25, 0.3) is 0 Å². The van der Waals surface area contributed by atoms with Crippen LogP contribution in [0.15, 0.2) is 0 Å². The molecule has 0 aliphatic carbocycles. The first kappa shape index (κ1) is 21.9. The minimum atomic E-state index is -0.0724. The number of carbonyl (C=O) groups excluding carboxylic acids is 1. The van der Waals surface area contributed by atoms with E-state index < -0.39 is 0 Å². The number of unbranched alkanes of at least 4 members (excludes halogenated alkanes) is 10. The number of methoxy groups -OCH3 is 1. The van der Waals surface area contributed by atoms with Gasteiger partial charge in [-0.15, -0.1) is 0 Å². The van der Waals surface area contributed by atoms with Gasteiger partial charge in [-0.3, -0.25) is 4.79 Å². The predicted molar refractivity (Wildman–Crippen MR) is 99.7 cm³/mol. The fraction of sp³-hybridized carbons (Fsp3) is 0.947. The van der Waals surface area contributed by atoms with E-state index in [1.807, 2.05) is 0 Å². The number of hydrogen-bond donors (Lipinski definition) is 0. The van der Waals surface area contributed by atoms with Gasteiger partial charge in [-0.25, -0.2) is 0 Å². The topological polar surface area (TPSA) is 26.3 Å². The molecule has 2 nitrogen and oxygen atoms in total. The summed E-state index contributed by atoms with van der Waals surface area (Å²) in [6.45, 7) is 2.27. The molecule has 0 rings (SSSR count). The van der Waals surface area contributed by atoms with Crippen LogP contribution in [0.1, 0.15) is 103 Å². The molecule has 22 heavy (non-hydrogen) atoms. The summed E-state index contributed by atoms with van der Waals surface area (Å²) in [4.78, 5) is 11.7. The van der Waals surface area contributed by atoms with Crippen molar-refractivity contribution in [3.63, 3.8) is 0 Å². The second-order valence-electron chi connectivity index (χ2n) is 6.39. The molecule has 0 aromatic heterocycles. The fourth-order valence-corrected chi connectivity index (χ4v) is 3.38. The standard InChI is InChI=1S/C19H37BrO2/c1-3-4-5-6-9-12-15-18(20)16-13-10-7-8-11-14-17-19(21)22-2/h18H,3-17H2,1-2H3.